The molecule has 6 heteroatoms. The van der Waals surface area contributed by atoms with E-state index in [-0.39, 0.29) is 11.7 Å². The maximum Gasteiger partial charge on any atom is 0.217 e. The molecule has 0 aliphatic heterocycles. The third kappa shape index (κ3) is 3.83. The maximum atomic E-state index is 14.2. The second-order valence-electron chi connectivity index (χ2n) is 7.46. The first-order chi connectivity index (χ1) is 14.1. The molecule has 1 N–H and O–H groups in total. The zero-order valence-corrected chi connectivity index (χ0v) is 16.7. The topological polar surface area (TPSA) is 63.7 Å². The Kier molecular flexibility index (Phi) is 5.25. The molecule has 0 fully saturated rings. The van der Waals surface area contributed by atoms with E-state index in [4.69, 9.17) is 9.72 Å². The van der Waals surface area contributed by atoms with Gasteiger partial charge in [0.25, 0.3) is 0 Å². The van der Waals surface area contributed by atoms with Crippen LogP contribution in [-0.2, 0) is 6.42 Å². The van der Waals surface area contributed by atoms with E-state index in [1.807, 2.05) is 36.4 Å². The van der Waals surface area contributed by atoms with Crippen molar-refractivity contribution >= 4 is 10.8 Å². The van der Waals surface area contributed by atoms with Crippen LogP contribution in [0.2, 0.25) is 0 Å². The highest BCUT2D eigenvalue weighted by Gasteiger charge is 2.23. The van der Waals surface area contributed by atoms with Crippen LogP contribution < -0.4 is 4.74 Å². The molecule has 1 unspecified atom stereocenters. The van der Waals surface area contributed by atoms with Crippen LogP contribution in [0.25, 0.3) is 22.0 Å². The van der Waals surface area contributed by atoms with Crippen LogP contribution in [0, 0.1) is 11.7 Å². The average Bonchev–Trinajstić information content (AvgIpc) is 3.25. The summed E-state index contributed by atoms with van der Waals surface area (Å²) in [7, 11) is 1.63. The smallest absolute Gasteiger partial charge is 0.217 e. The summed E-state index contributed by atoms with van der Waals surface area (Å²) in [5.74, 6) is 1.71. The number of hydrogen-bond acceptors (Lipinski definition) is 4. The second kappa shape index (κ2) is 7.99. The number of ether oxygens (including phenoxy) is 1. The lowest BCUT2D eigenvalue weighted by Gasteiger charge is -2.22. The Labute approximate surface area is 169 Å². The molecule has 2 aromatic heterocycles. The van der Waals surface area contributed by atoms with Gasteiger partial charge in [0.05, 0.1) is 12.8 Å². The molecule has 0 radical (unpaired) electrons. The first-order valence-electron chi connectivity index (χ1n) is 9.64. The zero-order chi connectivity index (χ0) is 20.4. The van der Waals surface area contributed by atoms with Gasteiger partial charge < -0.3 is 4.74 Å². The summed E-state index contributed by atoms with van der Waals surface area (Å²) >= 11 is 0. The van der Waals surface area contributed by atoms with Crippen LogP contribution in [0.15, 0.2) is 54.9 Å². The minimum atomic E-state index is -0.236. The van der Waals surface area contributed by atoms with Gasteiger partial charge in [-0.1, -0.05) is 44.2 Å². The lowest BCUT2D eigenvalue weighted by Crippen LogP contribution is -2.13. The lowest BCUT2D eigenvalue weighted by atomic mass is 9.85. The van der Waals surface area contributed by atoms with Gasteiger partial charge in [0.15, 0.2) is 0 Å². The molecular formula is C23H23FN4O. The summed E-state index contributed by atoms with van der Waals surface area (Å²) in [5.41, 5.74) is 2.62. The minimum Gasteiger partial charge on any atom is -0.481 e. The van der Waals surface area contributed by atoms with Gasteiger partial charge in [-0.3, -0.25) is 5.10 Å². The van der Waals surface area contributed by atoms with Crippen molar-refractivity contribution in [3.63, 3.8) is 0 Å². The van der Waals surface area contributed by atoms with Crippen molar-refractivity contribution in [3.05, 3.63) is 72.1 Å². The quantitative estimate of drug-likeness (QED) is 0.494. The van der Waals surface area contributed by atoms with Crippen molar-refractivity contribution in [2.75, 3.05) is 7.11 Å². The van der Waals surface area contributed by atoms with Crippen LogP contribution in [0.3, 0.4) is 0 Å². The van der Waals surface area contributed by atoms with E-state index >= 15 is 0 Å². The lowest BCUT2D eigenvalue weighted by molar-refractivity contribution is 0.377. The van der Waals surface area contributed by atoms with Gasteiger partial charge in [0.1, 0.15) is 18.0 Å². The highest BCUT2D eigenvalue weighted by atomic mass is 19.1. The first-order valence-corrected chi connectivity index (χ1v) is 9.64. The Morgan fingerprint density at radius 2 is 1.97 bits per heavy atom. The third-order valence-electron chi connectivity index (χ3n) is 5.29. The first kappa shape index (κ1) is 19.1. The van der Waals surface area contributed by atoms with Crippen LogP contribution in [0.5, 0.6) is 5.88 Å². The van der Waals surface area contributed by atoms with Crippen LogP contribution >= 0.6 is 0 Å². The Morgan fingerprint density at radius 1 is 1.10 bits per heavy atom. The number of H-pyrrole nitrogens is 1. The highest BCUT2D eigenvalue weighted by Crippen LogP contribution is 2.35. The number of aromatic nitrogens is 4. The molecule has 0 saturated heterocycles. The van der Waals surface area contributed by atoms with E-state index in [2.05, 4.69) is 29.0 Å². The van der Waals surface area contributed by atoms with Gasteiger partial charge in [-0.05, 0) is 35.4 Å². The van der Waals surface area contributed by atoms with E-state index < -0.39 is 0 Å². The molecule has 2 heterocycles. The standard InChI is InChI=1S/C23H23FN4O/c1-14(2)18(12-22-25-13-26-28-22)17-9-10-21(27-23(17)29-3)16-8-7-15-5-4-6-20(24)19(15)11-16/h4-11,13-14,18H,12H2,1-3H3,(H,25,26,28). The van der Waals surface area contributed by atoms with Gasteiger partial charge in [-0.15, -0.1) is 0 Å². The number of pyridine rings is 1. The fraction of sp³-hybridized carbons (Fsp3) is 0.261. The minimum absolute atomic E-state index is 0.175. The molecule has 0 aliphatic rings. The molecule has 0 amide bonds. The van der Waals surface area contributed by atoms with Crippen molar-refractivity contribution in [2.45, 2.75) is 26.2 Å². The number of methoxy groups -OCH3 is 1. The number of nitrogens with one attached hydrogen (secondary N) is 1. The summed E-state index contributed by atoms with van der Waals surface area (Å²) in [5, 5.41) is 8.32. The monoisotopic (exact) mass is 390 g/mol. The molecule has 29 heavy (non-hydrogen) atoms. The fourth-order valence-corrected chi connectivity index (χ4v) is 3.69. The van der Waals surface area contributed by atoms with Crippen molar-refractivity contribution < 1.29 is 9.13 Å². The molecule has 4 rings (SSSR count). The van der Waals surface area contributed by atoms with Crippen molar-refractivity contribution in [2.24, 2.45) is 5.92 Å². The Balaban J connectivity index is 1.73. The summed E-state index contributed by atoms with van der Waals surface area (Å²) in [6.07, 6.45) is 2.24. The van der Waals surface area contributed by atoms with Gasteiger partial charge >= 0.3 is 0 Å². The number of halogens is 1. The number of nitrogens with zero attached hydrogens (tertiary/aromatic N) is 3. The summed E-state index contributed by atoms with van der Waals surface area (Å²) < 4.78 is 19.8. The normalized spacial score (nSPS) is 12.4. The van der Waals surface area contributed by atoms with Gasteiger partial charge in [0.2, 0.25) is 5.88 Å². The molecule has 4 aromatic rings. The highest BCUT2D eigenvalue weighted by molar-refractivity contribution is 5.87. The number of rotatable bonds is 6. The molecule has 0 bridgehead atoms. The van der Waals surface area contributed by atoms with Crippen molar-refractivity contribution in [1.82, 2.24) is 20.2 Å². The molecule has 2 aromatic carbocycles. The Morgan fingerprint density at radius 3 is 2.69 bits per heavy atom. The molecular weight excluding hydrogens is 367 g/mol. The van der Waals surface area contributed by atoms with Crippen molar-refractivity contribution in [1.29, 1.82) is 0 Å². The fourth-order valence-electron chi connectivity index (χ4n) is 3.69. The summed E-state index contributed by atoms with van der Waals surface area (Å²) in [4.78, 5) is 9.00. The van der Waals surface area contributed by atoms with E-state index in [9.17, 15) is 4.39 Å². The van der Waals surface area contributed by atoms with E-state index in [0.717, 1.165) is 34.5 Å². The van der Waals surface area contributed by atoms with Gasteiger partial charge in [0, 0.05) is 22.9 Å². The van der Waals surface area contributed by atoms with Crippen LogP contribution in [0.1, 0.15) is 31.2 Å². The summed E-state index contributed by atoms with van der Waals surface area (Å²) in [6, 6.07) is 14.8. The van der Waals surface area contributed by atoms with Crippen molar-refractivity contribution in [3.8, 4) is 17.1 Å². The number of fused-ring (bicyclic) bond motifs is 1. The molecule has 5 nitrogen and oxygen atoms in total. The predicted molar refractivity (Wildman–Crippen MR) is 111 cm³/mol. The number of hydrogen-bond donors (Lipinski definition) is 1. The number of aromatic amines is 1. The molecule has 1 atom stereocenters. The Hall–Kier alpha value is -3.28. The zero-order valence-electron chi connectivity index (χ0n) is 16.7. The predicted octanol–water partition coefficient (Wildman–Crippen LogP) is 5.15. The average molecular weight is 390 g/mol. The van der Waals surface area contributed by atoms with E-state index in [1.54, 1.807) is 13.2 Å². The van der Waals surface area contributed by atoms with Gasteiger partial charge in [-0.25, -0.2) is 14.4 Å². The number of benzene rings is 2. The SMILES string of the molecule is COc1nc(-c2ccc3cccc(F)c3c2)ccc1C(Cc1ncn[nH]1)C(C)C. The van der Waals surface area contributed by atoms with Gasteiger partial charge in [-0.2, -0.15) is 5.10 Å². The van der Waals surface area contributed by atoms with E-state index in [1.165, 1.54) is 12.4 Å². The van der Waals surface area contributed by atoms with Crippen LogP contribution in [0.4, 0.5) is 4.39 Å². The maximum absolute atomic E-state index is 14.2. The van der Waals surface area contributed by atoms with E-state index in [0.29, 0.717) is 17.2 Å². The largest absolute Gasteiger partial charge is 0.481 e. The molecule has 148 valence electrons. The second-order valence-corrected chi connectivity index (χ2v) is 7.46. The molecule has 0 spiro atoms. The Bertz CT molecular complexity index is 1130. The summed E-state index contributed by atoms with van der Waals surface area (Å²) in [6.45, 7) is 4.33. The molecule has 0 aliphatic carbocycles. The third-order valence-corrected chi connectivity index (χ3v) is 5.29. The molecule has 0 saturated carbocycles. The van der Waals surface area contributed by atoms with Crippen LogP contribution in [-0.4, -0.2) is 27.3 Å².